The van der Waals surface area contributed by atoms with E-state index >= 15 is 0 Å². The Morgan fingerprint density at radius 2 is 1.68 bits per heavy atom. The lowest BCUT2D eigenvalue weighted by molar-refractivity contribution is 0.550. The monoisotopic (exact) mass is 318 g/mol. The molecule has 19 heavy (non-hydrogen) atoms. The average molecular weight is 319 g/mol. The second kappa shape index (κ2) is 6.85. The molecule has 2 aromatic carbocycles. The molecule has 2 nitrogen and oxygen atoms in total. The molecule has 0 aliphatic heterocycles. The topological polar surface area (TPSA) is 38.0 Å². The zero-order valence-corrected chi connectivity index (χ0v) is 12.7. The first-order chi connectivity index (χ1) is 9.24. The highest BCUT2D eigenvalue weighted by molar-refractivity contribution is 9.10. The van der Waals surface area contributed by atoms with Crippen molar-refractivity contribution in [3.8, 4) is 0 Å². The standard InChI is InChI=1S/C16H19BrN2/c1-2-12-7-9-13(10-8-12)11-16(19-18)14-5-3-4-6-15(14)17/h3-10,16,19H,2,11,18H2,1H3. The van der Waals surface area contributed by atoms with E-state index in [1.54, 1.807) is 0 Å². The van der Waals surface area contributed by atoms with E-state index in [1.807, 2.05) is 18.2 Å². The number of aryl methyl sites for hydroxylation is 1. The van der Waals surface area contributed by atoms with Crippen molar-refractivity contribution in [3.05, 3.63) is 69.7 Å². The summed E-state index contributed by atoms with van der Waals surface area (Å²) in [7, 11) is 0. The Morgan fingerprint density at radius 3 is 2.26 bits per heavy atom. The van der Waals surface area contributed by atoms with Gasteiger partial charge in [0.15, 0.2) is 0 Å². The molecule has 3 heteroatoms. The van der Waals surface area contributed by atoms with Crippen LogP contribution in [0.15, 0.2) is 53.0 Å². The summed E-state index contributed by atoms with van der Waals surface area (Å²) in [5.41, 5.74) is 6.74. The van der Waals surface area contributed by atoms with Gasteiger partial charge >= 0.3 is 0 Å². The third kappa shape index (κ3) is 3.66. The number of rotatable bonds is 5. The predicted molar refractivity (Wildman–Crippen MR) is 83.7 cm³/mol. The normalized spacial score (nSPS) is 12.4. The van der Waals surface area contributed by atoms with Crippen LogP contribution < -0.4 is 11.3 Å². The van der Waals surface area contributed by atoms with Gasteiger partial charge in [-0.15, -0.1) is 0 Å². The molecule has 100 valence electrons. The van der Waals surface area contributed by atoms with Crippen molar-refractivity contribution in [1.29, 1.82) is 0 Å². The number of nitrogens with two attached hydrogens (primary N) is 1. The van der Waals surface area contributed by atoms with Crippen LogP contribution >= 0.6 is 15.9 Å². The van der Waals surface area contributed by atoms with Crippen molar-refractivity contribution in [2.75, 3.05) is 0 Å². The first-order valence-corrected chi connectivity index (χ1v) is 7.32. The second-order valence-corrected chi connectivity index (χ2v) is 5.47. The van der Waals surface area contributed by atoms with Gasteiger partial charge in [0.25, 0.3) is 0 Å². The van der Waals surface area contributed by atoms with E-state index in [-0.39, 0.29) is 6.04 Å². The van der Waals surface area contributed by atoms with E-state index in [0.717, 1.165) is 17.3 Å². The van der Waals surface area contributed by atoms with Gasteiger partial charge in [-0.25, -0.2) is 0 Å². The van der Waals surface area contributed by atoms with E-state index in [2.05, 4.69) is 58.6 Å². The Morgan fingerprint density at radius 1 is 1.05 bits per heavy atom. The first-order valence-electron chi connectivity index (χ1n) is 6.53. The molecule has 2 rings (SSSR count). The maximum atomic E-state index is 5.71. The highest BCUT2D eigenvalue weighted by atomic mass is 79.9. The molecule has 0 bridgehead atoms. The number of hydrogen-bond donors (Lipinski definition) is 2. The van der Waals surface area contributed by atoms with Crippen LogP contribution in [0.2, 0.25) is 0 Å². The van der Waals surface area contributed by atoms with Crippen LogP contribution in [0.25, 0.3) is 0 Å². The molecule has 0 spiro atoms. The van der Waals surface area contributed by atoms with Crippen LogP contribution in [0.5, 0.6) is 0 Å². The maximum absolute atomic E-state index is 5.71. The minimum absolute atomic E-state index is 0.114. The fourth-order valence-electron chi connectivity index (χ4n) is 2.16. The molecule has 0 fully saturated rings. The summed E-state index contributed by atoms with van der Waals surface area (Å²) in [5.74, 6) is 5.71. The number of halogens is 1. The molecular weight excluding hydrogens is 300 g/mol. The van der Waals surface area contributed by atoms with Gasteiger partial charge in [-0.05, 0) is 35.6 Å². The molecule has 0 aromatic heterocycles. The molecule has 0 saturated heterocycles. The second-order valence-electron chi connectivity index (χ2n) is 4.61. The highest BCUT2D eigenvalue weighted by Crippen LogP contribution is 2.25. The highest BCUT2D eigenvalue weighted by Gasteiger charge is 2.13. The van der Waals surface area contributed by atoms with Gasteiger partial charge in [0.05, 0.1) is 6.04 Å². The summed E-state index contributed by atoms with van der Waals surface area (Å²) in [6.07, 6.45) is 1.95. The van der Waals surface area contributed by atoms with Gasteiger partial charge in [0.1, 0.15) is 0 Å². The van der Waals surface area contributed by atoms with Crippen LogP contribution in [0.1, 0.15) is 29.7 Å². The van der Waals surface area contributed by atoms with E-state index in [1.165, 1.54) is 16.7 Å². The van der Waals surface area contributed by atoms with E-state index < -0.39 is 0 Å². The first kappa shape index (κ1) is 14.3. The van der Waals surface area contributed by atoms with Crippen LogP contribution in [0.4, 0.5) is 0 Å². The number of nitrogens with one attached hydrogen (secondary N) is 1. The lowest BCUT2D eigenvalue weighted by Gasteiger charge is -2.18. The minimum atomic E-state index is 0.114. The Balaban J connectivity index is 2.17. The maximum Gasteiger partial charge on any atom is 0.0511 e. The third-order valence-electron chi connectivity index (χ3n) is 3.35. The molecule has 0 heterocycles. The quantitative estimate of drug-likeness (QED) is 0.650. The predicted octanol–water partition coefficient (Wildman–Crippen LogP) is 3.76. The molecular formula is C16H19BrN2. The number of benzene rings is 2. The lowest BCUT2D eigenvalue weighted by Crippen LogP contribution is -2.29. The Labute approximate surface area is 123 Å². The van der Waals surface area contributed by atoms with Crippen molar-refractivity contribution in [2.45, 2.75) is 25.8 Å². The summed E-state index contributed by atoms with van der Waals surface area (Å²) in [6, 6.07) is 17.0. The van der Waals surface area contributed by atoms with Gasteiger partial charge in [-0.1, -0.05) is 65.3 Å². The van der Waals surface area contributed by atoms with Gasteiger partial charge in [0, 0.05) is 4.47 Å². The molecule has 3 N–H and O–H groups in total. The molecule has 0 amide bonds. The smallest absolute Gasteiger partial charge is 0.0511 e. The third-order valence-corrected chi connectivity index (χ3v) is 4.08. The summed E-state index contributed by atoms with van der Waals surface area (Å²) in [6.45, 7) is 2.17. The summed E-state index contributed by atoms with van der Waals surface area (Å²) >= 11 is 3.58. The average Bonchev–Trinajstić information content (AvgIpc) is 2.46. The van der Waals surface area contributed by atoms with Gasteiger partial charge in [-0.2, -0.15) is 0 Å². The van der Waals surface area contributed by atoms with Gasteiger partial charge < -0.3 is 0 Å². The van der Waals surface area contributed by atoms with Crippen molar-refractivity contribution in [2.24, 2.45) is 5.84 Å². The Bertz CT molecular complexity index is 523. The van der Waals surface area contributed by atoms with Crippen molar-refractivity contribution >= 4 is 15.9 Å². The fourth-order valence-corrected chi connectivity index (χ4v) is 2.72. The van der Waals surface area contributed by atoms with Crippen molar-refractivity contribution in [3.63, 3.8) is 0 Å². The van der Waals surface area contributed by atoms with Crippen LogP contribution in [-0.2, 0) is 12.8 Å². The molecule has 2 aromatic rings. The summed E-state index contributed by atoms with van der Waals surface area (Å²) in [4.78, 5) is 0. The minimum Gasteiger partial charge on any atom is -0.271 e. The molecule has 1 atom stereocenters. The molecule has 0 aliphatic rings. The molecule has 0 radical (unpaired) electrons. The fraction of sp³-hybridized carbons (Fsp3) is 0.250. The zero-order valence-electron chi connectivity index (χ0n) is 11.1. The van der Waals surface area contributed by atoms with E-state index in [4.69, 9.17) is 5.84 Å². The lowest BCUT2D eigenvalue weighted by atomic mass is 9.98. The summed E-state index contributed by atoms with van der Waals surface area (Å²) in [5, 5.41) is 0. The van der Waals surface area contributed by atoms with E-state index in [0.29, 0.717) is 0 Å². The van der Waals surface area contributed by atoms with Crippen LogP contribution in [0.3, 0.4) is 0 Å². The Kier molecular flexibility index (Phi) is 5.14. The largest absolute Gasteiger partial charge is 0.271 e. The zero-order chi connectivity index (χ0) is 13.7. The van der Waals surface area contributed by atoms with Crippen molar-refractivity contribution < 1.29 is 0 Å². The molecule has 0 aliphatic carbocycles. The van der Waals surface area contributed by atoms with Gasteiger partial charge in [0.2, 0.25) is 0 Å². The number of hydrogen-bond acceptors (Lipinski definition) is 2. The van der Waals surface area contributed by atoms with Crippen molar-refractivity contribution in [1.82, 2.24) is 5.43 Å². The van der Waals surface area contributed by atoms with Crippen LogP contribution in [-0.4, -0.2) is 0 Å². The molecule has 1 unspecified atom stereocenters. The number of hydrazine groups is 1. The molecule has 0 saturated carbocycles. The SMILES string of the molecule is CCc1ccc(CC(NN)c2ccccc2Br)cc1. The Hall–Kier alpha value is -1.16. The summed E-state index contributed by atoms with van der Waals surface area (Å²) < 4.78 is 1.09. The van der Waals surface area contributed by atoms with Gasteiger partial charge in [-0.3, -0.25) is 11.3 Å². The van der Waals surface area contributed by atoms with Crippen LogP contribution in [0, 0.1) is 0 Å². The van der Waals surface area contributed by atoms with E-state index in [9.17, 15) is 0 Å².